The first-order valence-electron chi connectivity index (χ1n) is 11.0. The summed E-state index contributed by atoms with van der Waals surface area (Å²) in [4.78, 5) is 9.29. The van der Waals surface area contributed by atoms with Crippen molar-refractivity contribution in [3.05, 3.63) is 35.4 Å². The Bertz CT molecular complexity index is 595. The molecule has 6 heteroatoms. The van der Waals surface area contributed by atoms with Crippen LogP contribution >= 0.6 is 24.0 Å². The minimum atomic E-state index is 0. The maximum absolute atomic E-state index is 5.46. The molecule has 0 amide bonds. The van der Waals surface area contributed by atoms with Crippen LogP contribution in [0.1, 0.15) is 49.7 Å². The number of piperidine rings is 1. The van der Waals surface area contributed by atoms with Crippen molar-refractivity contribution in [1.29, 1.82) is 0 Å². The Kier molecular flexibility index (Phi) is 11.3. The van der Waals surface area contributed by atoms with Gasteiger partial charge in [0.1, 0.15) is 0 Å². The van der Waals surface area contributed by atoms with E-state index in [9.17, 15) is 0 Å². The molecule has 0 spiro atoms. The molecule has 2 heterocycles. The quantitative estimate of drug-likeness (QED) is 0.338. The predicted molar refractivity (Wildman–Crippen MR) is 132 cm³/mol. The number of halogens is 1. The van der Waals surface area contributed by atoms with Crippen LogP contribution in [0.4, 0.5) is 0 Å². The van der Waals surface area contributed by atoms with E-state index < -0.39 is 0 Å². The Balaban J connectivity index is 0.00000300. The van der Waals surface area contributed by atoms with Crippen LogP contribution in [0.2, 0.25) is 0 Å². The lowest BCUT2D eigenvalue weighted by Crippen LogP contribution is -2.39. The molecule has 5 nitrogen and oxygen atoms in total. The summed E-state index contributed by atoms with van der Waals surface area (Å²) in [5.41, 5.74) is 2.73. The first-order chi connectivity index (χ1) is 13.7. The third-order valence-electron chi connectivity index (χ3n) is 6.12. The normalized spacial score (nSPS) is 18.9. The molecule has 1 N–H and O–H groups in total. The fourth-order valence-electron chi connectivity index (χ4n) is 4.22. The van der Waals surface area contributed by atoms with Gasteiger partial charge in [-0.1, -0.05) is 30.7 Å². The first kappa shape index (κ1) is 24.4. The standard InChI is InChI=1S/C23H38N4O.HI/c1-24-23(26(2)15-10-20-11-16-28-17-12-20)25-18-21-6-8-22(9-7-21)19-27-13-4-3-5-14-27;/h6-9,20H,3-5,10-19H2,1-2H3,(H,24,25);1H. The van der Waals surface area contributed by atoms with Gasteiger partial charge in [0.05, 0.1) is 0 Å². The molecule has 164 valence electrons. The van der Waals surface area contributed by atoms with E-state index in [0.29, 0.717) is 0 Å². The van der Waals surface area contributed by atoms with Crippen LogP contribution in [0.3, 0.4) is 0 Å². The third-order valence-corrected chi connectivity index (χ3v) is 6.12. The average Bonchev–Trinajstić information content (AvgIpc) is 2.75. The predicted octanol–water partition coefficient (Wildman–Crippen LogP) is 4.11. The number of aliphatic imine (C=N–C) groups is 1. The Morgan fingerprint density at radius 3 is 2.41 bits per heavy atom. The number of hydrogen-bond acceptors (Lipinski definition) is 3. The highest BCUT2D eigenvalue weighted by Crippen LogP contribution is 2.18. The van der Waals surface area contributed by atoms with Crippen molar-refractivity contribution in [3.8, 4) is 0 Å². The highest BCUT2D eigenvalue weighted by molar-refractivity contribution is 14.0. The number of benzene rings is 1. The number of ether oxygens (including phenoxy) is 1. The number of nitrogens with zero attached hydrogens (tertiary/aromatic N) is 3. The zero-order valence-corrected chi connectivity index (χ0v) is 20.6. The summed E-state index contributed by atoms with van der Waals surface area (Å²) in [5, 5.41) is 3.51. The monoisotopic (exact) mass is 514 g/mol. The van der Waals surface area contributed by atoms with Gasteiger partial charge in [0, 0.05) is 46.9 Å². The minimum Gasteiger partial charge on any atom is -0.381 e. The molecule has 3 rings (SSSR count). The summed E-state index contributed by atoms with van der Waals surface area (Å²) in [6.07, 6.45) is 7.71. The van der Waals surface area contributed by atoms with Crippen molar-refractivity contribution < 1.29 is 4.74 Å². The second kappa shape index (κ2) is 13.4. The van der Waals surface area contributed by atoms with E-state index in [0.717, 1.165) is 44.7 Å². The van der Waals surface area contributed by atoms with Gasteiger partial charge in [0.15, 0.2) is 5.96 Å². The molecule has 0 aromatic heterocycles. The van der Waals surface area contributed by atoms with Crippen LogP contribution < -0.4 is 5.32 Å². The largest absolute Gasteiger partial charge is 0.381 e. The van der Waals surface area contributed by atoms with Gasteiger partial charge in [-0.25, -0.2) is 0 Å². The van der Waals surface area contributed by atoms with Crippen LogP contribution in [0, 0.1) is 5.92 Å². The lowest BCUT2D eigenvalue weighted by Gasteiger charge is -2.27. The van der Waals surface area contributed by atoms with Crippen LogP contribution in [0.5, 0.6) is 0 Å². The minimum absolute atomic E-state index is 0. The summed E-state index contributed by atoms with van der Waals surface area (Å²) in [7, 11) is 4.01. The fraction of sp³-hybridized carbons (Fsp3) is 0.696. The number of nitrogens with one attached hydrogen (secondary N) is 1. The summed E-state index contributed by atoms with van der Waals surface area (Å²) in [6, 6.07) is 9.07. The lowest BCUT2D eigenvalue weighted by molar-refractivity contribution is 0.0625. The highest BCUT2D eigenvalue weighted by Gasteiger charge is 2.15. The van der Waals surface area contributed by atoms with Crippen molar-refractivity contribution in [3.63, 3.8) is 0 Å². The second-order valence-electron chi connectivity index (χ2n) is 8.32. The van der Waals surface area contributed by atoms with Crippen LogP contribution in [-0.2, 0) is 17.8 Å². The molecule has 0 bridgehead atoms. The Morgan fingerprint density at radius 2 is 1.76 bits per heavy atom. The molecule has 29 heavy (non-hydrogen) atoms. The van der Waals surface area contributed by atoms with Crippen molar-refractivity contribution in [2.24, 2.45) is 10.9 Å². The Labute approximate surface area is 194 Å². The molecular formula is C23H39IN4O. The fourth-order valence-corrected chi connectivity index (χ4v) is 4.22. The summed E-state index contributed by atoms with van der Waals surface area (Å²) >= 11 is 0. The molecule has 2 fully saturated rings. The van der Waals surface area contributed by atoms with E-state index >= 15 is 0 Å². The van der Waals surface area contributed by atoms with Crippen LogP contribution in [0.25, 0.3) is 0 Å². The van der Waals surface area contributed by atoms with Crippen molar-refractivity contribution in [2.75, 3.05) is 46.9 Å². The molecule has 0 radical (unpaired) electrons. The summed E-state index contributed by atoms with van der Waals surface area (Å²) in [5.74, 6) is 1.77. The van der Waals surface area contributed by atoms with E-state index in [4.69, 9.17) is 4.74 Å². The Hall–Kier alpha value is -0.860. The van der Waals surface area contributed by atoms with Gasteiger partial charge in [-0.15, -0.1) is 24.0 Å². The summed E-state index contributed by atoms with van der Waals surface area (Å²) in [6.45, 7) is 7.30. The van der Waals surface area contributed by atoms with Gasteiger partial charge in [0.25, 0.3) is 0 Å². The van der Waals surface area contributed by atoms with Gasteiger partial charge in [-0.2, -0.15) is 0 Å². The van der Waals surface area contributed by atoms with E-state index in [1.165, 1.54) is 62.7 Å². The molecular weight excluding hydrogens is 475 g/mol. The molecule has 0 saturated carbocycles. The smallest absolute Gasteiger partial charge is 0.193 e. The molecule has 2 saturated heterocycles. The average molecular weight is 514 g/mol. The third kappa shape index (κ3) is 8.42. The topological polar surface area (TPSA) is 40.1 Å². The van der Waals surface area contributed by atoms with E-state index in [-0.39, 0.29) is 24.0 Å². The zero-order chi connectivity index (χ0) is 19.6. The molecule has 0 atom stereocenters. The van der Waals surface area contributed by atoms with Gasteiger partial charge in [-0.3, -0.25) is 9.89 Å². The molecule has 2 aliphatic heterocycles. The van der Waals surface area contributed by atoms with Gasteiger partial charge < -0.3 is 15.0 Å². The maximum atomic E-state index is 5.46. The summed E-state index contributed by atoms with van der Waals surface area (Å²) < 4.78 is 5.46. The van der Waals surface area contributed by atoms with Gasteiger partial charge >= 0.3 is 0 Å². The lowest BCUT2D eigenvalue weighted by atomic mass is 9.96. The zero-order valence-electron chi connectivity index (χ0n) is 18.2. The number of rotatable bonds is 7. The van der Waals surface area contributed by atoms with E-state index in [2.05, 4.69) is 51.4 Å². The van der Waals surface area contributed by atoms with E-state index in [1.807, 2.05) is 7.05 Å². The van der Waals surface area contributed by atoms with Gasteiger partial charge in [-0.05, 0) is 62.2 Å². The Morgan fingerprint density at radius 1 is 1.10 bits per heavy atom. The van der Waals surface area contributed by atoms with Gasteiger partial charge in [0.2, 0.25) is 0 Å². The van der Waals surface area contributed by atoms with E-state index in [1.54, 1.807) is 0 Å². The molecule has 1 aromatic rings. The number of likely N-dealkylation sites (tertiary alicyclic amines) is 1. The van der Waals surface area contributed by atoms with Crippen LogP contribution in [-0.4, -0.2) is 62.7 Å². The molecule has 1 aromatic carbocycles. The molecule has 0 unspecified atom stereocenters. The number of hydrogen-bond donors (Lipinski definition) is 1. The van der Waals surface area contributed by atoms with Crippen molar-refractivity contribution in [1.82, 2.24) is 15.1 Å². The van der Waals surface area contributed by atoms with Crippen LogP contribution in [0.15, 0.2) is 29.3 Å². The first-order valence-corrected chi connectivity index (χ1v) is 11.0. The molecule has 0 aliphatic carbocycles. The number of guanidine groups is 1. The SMILES string of the molecule is CN=C(NCc1ccc(CN2CCCCC2)cc1)N(C)CCC1CCOCC1.I. The second-order valence-corrected chi connectivity index (χ2v) is 8.32. The van der Waals surface area contributed by atoms with Crippen molar-refractivity contribution >= 4 is 29.9 Å². The maximum Gasteiger partial charge on any atom is 0.193 e. The molecule has 2 aliphatic rings. The van der Waals surface area contributed by atoms with Crippen molar-refractivity contribution in [2.45, 2.75) is 51.6 Å². The highest BCUT2D eigenvalue weighted by atomic mass is 127.